The van der Waals surface area contributed by atoms with Crippen molar-refractivity contribution in [1.82, 2.24) is 0 Å². The fraction of sp³-hybridized carbons (Fsp3) is 0.818. The molecule has 1 fully saturated rings. The van der Waals surface area contributed by atoms with Crippen molar-refractivity contribution in [2.75, 3.05) is 0 Å². The predicted octanol–water partition coefficient (Wildman–Crippen LogP) is 2.84. The minimum absolute atomic E-state index is 1.06. The van der Waals surface area contributed by atoms with Gasteiger partial charge in [-0.2, -0.15) is 0 Å². The van der Waals surface area contributed by atoms with Gasteiger partial charge >= 0.3 is 0 Å². The molecule has 2 aliphatic rings. The highest BCUT2D eigenvalue weighted by molar-refractivity contribution is 5.07. The first-order valence-corrected chi connectivity index (χ1v) is 4.89. The Bertz CT molecular complexity index is 176. The lowest BCUT2D eigenvalue weighted by Crippen LogP contribution is -1.85. The molecule has 0 amide bonds. The maximum absolute atomic E-state index is 3.24. The molecule has 2 rings (SSSR count). The van der Waals surface area contributed by atoms with Crippen LogP contribution >= 0.6 is 0 Å². The van der Waals surface area contributed by atoms with Crippen LogP contribution in [-0.4, -0.2) is 0 Å². The van der Waals surface area contributed by atoms with Gasteiger partial charge in [0.25, 0.3) is 0 Å². The van der Waals surface area contributed by atoms with Gasteiger partial charge in [-0.05, 0) is 30.6 Å². The minimum atomic E-state index is 1.06. The molecule has 2 atom stereocenters. The zero-order valence-corrected chi connectivity index (χ0v) is 7.27. The first-order valence-electron chi connectivity index (χ1n) is 4.89. The molecule has 2 aliphatic carbocycles. The Morgan fingerprint density at radius 1 is 1.09 bits per heavy atom. The standard InChI is InChI=1S/C11H16/c1-2-9-10-7-5-3-4-6-8-11(9)10/h9-11H,2,5-8H2,1H3. The third-order valence-electron chi connectivity index (χ3n) is 3.31. The van der Waals surface area contributed by atoms with Gasteiger partial charge in [0.2, 0.25) is 0 Å². The van der Waals surface area contributed by atoms with E-state index < -0.39 is 0 Å². The number of fused-ring (bicyclic) bond motifs is 1. The van der Waals surface area contributed by atoms with Crippen molar-refractivity contribution < 1.29 is 0 Å². The summed E-state index contributed by atoms with van der Waals surface area (Å²) in [7, 11) is 0. The quantitative estimate of drug-likeness (QED) is 0.502. The maximum Gasteiger partial charge on any atom is 0.00915 e. The second-order valence-electron chi connectivity index (χ2n) is 3.83. The molecule has 0 aromatic rings. The lowest BCUT2D eigenvalue weighted by molar-refractivity contribution is 0.618. The highest BCUT2D eigenvalue weighted by Gasteiger charge is 2.46. The zero-order chi connectivity index (χ0) is 7.68. The summed E-state index contributed by atoms with van der Waals surface area (Å²) in [6, 6.07) is 0. The van der Waals surface area contributed by atoms with E-state index in [9.17, 15) is 0 Å². The Morgan fingerprint density at radius 2 is 1.64 bits per heavy atom. The van der Waals surface area contributed by atoms with Gasteiger partial charge in [-0.15, -0.1) is 11.8 Å². The molecule has 0 aromatic carbocycles. The van der Waals surface area contributed by atoms with Crippen molar-refractivity contribution in [2.45, 2.75) is 39.0 Å². The molecule has 2 unspecified atom stereocenters. The first-order chi connectivity index (χ1) is 5.43. The molecule has 60 valence electrons. The van der Waals surface area contributed by atoms with Crippen LogP contribution in [0.2, 0.25) is 0 Å². The number of hydrogen-bond donors (Lipinski definition) is 0. The Hall–Kier alpha value is -0.440. The molecule has 0 spiro atoms. The minimum Gasteiger partial charge on any atom is -0.103 e. The second-order valence-corrected chi connectivity index (χ2v) is 3.83. The van der Waals surface area contributed by atoms with E-state index in [4.69, 9.17) is 0 Å². The van der Waals surface area contributed by atoms with Crippen LogP contribution in [-0.2, 0) is 0 Å². The topological polar surface area (TPSA) is 0 Å². The molecule has 0 nitrogen and oxygen atoms in total. The van der Waals surface area contributed by atoms with Gasteiger partial charge in [0.05, 0.1) is 0 Å². The van der Waals surface area contributed by atoms with Crippen LogP contribution in [0.5, 0.6) is 0 Å². The fourth-order valence-electron chi connectivity index (χ4n) is 2.64. The molecular weight excluding hydrogens is 132 g/mol. The smallest absolute Gasteiger partial charge is 0.00915 e. The van der Waals surface area contributed by atoms with E-state index in [1.807, 2.05) is 0 Å². The van der Waals surface area contributed by atoms with Crippen molar-refractivity contribution in [3.05, 3.63) is 0 Å². The SMILES string of the molecule is CCC1C2CCC#CCCC12. The van der Waals surface area contributed by atoms with Crippen molar-refractivity contribution >= 4 is 0 Å². The third kappa shape index (κ3) is 1.29. The summed E-state index contributed by atoms with van der Waals surface area (Å²) in [5.74, 6) is 9.67. The van der Waals surface area contributed by atoms with E-state index in [1.54, 1.807) is 0 Å². The molecule has 0 aliphatic heterocycles. The first kappa shape index (κ1) is 7.22. The summed E-state index contributed by atoms with van der Waals surface area (Å²) in [5.41, 5.74) is 0. The Morgan fingerprint density at radius 3 is 2.09 bits per heavy atom. The summed E-state index contributed by atoms with van der Waals surface area (Å²) in [4.78, 5) is 0. The highest BCUT2D eigenvalue weighted by atomic mass is 14.5. The van der Waals surface area contributed by atoms with Crippen LogP contribution in [0.4, 0.5) is 0 Å². The average Bonchev–Trinajstić information content (AvgIpc) is 2.60. The summed E-state index contributed by atoms with van der Waals surface area (Å²) in [6.45, 7) is 2.33. The van der Waals surface area contributed by atoms with E-state index in [2.05, 4.69) is 18.8 Å². The molecule has 11 heavy (non-hydrogen) atoms. The molecule has 0 bridgehead atoms. The zero-order valence-electron chi connectivity index (χ0n) is 7.27. The second kappa shape index (κ2) is 2.89. The Labute approximate surface area is 69.4 Å². The van der Waals surface area contributed by atoms with Crippen LogP contribution in [0.25, 0.3) is 0 Å². The fourth-order valence-corrected chi connectivity index (χ4v) is 2.64. The van der Waals surface area contributed by atoms with E-state index in [-0.39, 0.29) is 0 Å². The number of hydrogen-bond acceptors (Lipinski definition) is 0. The van der Waals surface area contributed by atoms with Crippen LogP contribution in [0, 0.1) is 29.6 Å². The van der Waals surface area contributed by atoms with E-state index in [1.165, 1.54) is 19.3 Å². The Kier molecular flexibility index (Phi) is 1.90. The van der Waals surface area contributed by atoms with E-state index >= 15 is 0 Å². The van der Waals surface area contributed by atoms with Crippen LogP contribution in [0.1, 0.15) is 39.0 Å². The largest absolute Gasteiger partial charge is 0.103 e. The van der Waals surface area contributed by atoms with Gasteiger partial charge in [-0.3, -0.25) is 0 Å². The van der Waals surface area contributed by atoms with Crippen LogP contribution in [0.15, 0.2) is 0 Å². The predicted molar refractivity (Wildman–Crippen MR) is 47.0 cm³/mol. The van der Waals surface area contributed by atoms with Gasteiger partial charge in [0.1, 0.15) is 0 Å². The Balaban J connectivity index is 1.93. The van der Waals surface area contributed by atoms with Crippen LogP contribution in [0.3, 0.4) is 0 Å². The van der Waals surface area contributed by atoms with E-state index in [0.717, 1.165) is 30.6 Å². The monoisotopic (exact) mass is 148 g/mol. The van der Waals surface area contributed by atoms with Crippen molar-refractivity contribution in [2.24, 2.45) is 17.8 Å². The molecule has 0 radical (unpaired) electrons. The molecular formula is C11H16. The summed E-state index contributed by atoms with van der Waals surface area (Å²) < 4.78 is 0. The lowest BCUT2D eigenvalue weighted by atomic mass is 10.1. The maximum atomic E-state index is 3.24. The molecule has 0 saturated heterocycles. The molecule has 0 aromatic heterocycles. The van der Waals surface area contributed by atoms with Gasteiger partial charge in [0.15, 0.2) is 0 Å². The van der Waals surface area contributed by atoms with Gasteiger partial charge < -0.3 is 0 Å². The van der Waals surface area contributed by atoms with Crippen LogP contribution < -0.4 is 0 Å². The molecule has 0 heterocycles. The molecule has 0 heteroatoms. The van der Waals surface area contributed by atoms with Crippen molar-refractivity contribution in [3.8, 4) is 11.8 Å². The van der Waals surface area contributed by atoms with Gasteiger partial charge in [-0.25, -0.2) is 0 Å². The van der Waals surface area contributed by atoms with Gasteiger partial charge in [0, 0.05) is 12.8 Å². The lowest BCUT2D eigenvalue weighted by Gasteiger charge is -1.96. The third-order valence-corrected chi connectivity index (χ3v) is 3.31. The number of rotatable bonds is 1. The molecule has 0 N–H and O–H groups in total. The van der Waals surface area contributed by atoms with Crippen molar-refractivity contribution in [1.29, 1.82) is 0 Å². The molecule has 1 saturated carbocycles. The highest BCUT2D eigenvalue weighted by Crippen LogP contribution is 2.53. The normalized spacial score (nSPS) is 41.0. The summed E-state index contributed by atoms with van der Waals surface area (Å²) in [5, 5.41) is 0. The summed E-state index contributed by atoms with van der Waals surface area (Å²) >= 11 is 0. The summed E-state index contributed by atoms with van der Waals surface area (Å²) in [6.07, 6.45) is 6.50. The van der Waals surface area contributed by atoms with Gasteiger partial charge in [-0.1, -0.05) is 13.3 Å². The van der Waals surface area contributed by atoms with Crippen molar-refractivity contribution in [3.63, 3.8) is 0 Å². The average molecular weight is 148 g/mol. The van der Waals surface area contributed by atoms with E-state index in [0.29, 0.717) is 0 Å².